The van der Waals surface area contributed by atoms with Gasteiger partial charge in [-0.1, -0.05) is 5.16 Å². The lowest BCUT2D eigenvalue weighted by Gasteiger charge is -2.05. The van der Waals surface area contributed by atoms with Gasteiger partial charge in [-0.25, -0.2) is 8.42 Å². The van der Waals surface area contributed by atoms with Crippen LogP contribution in [0.15, 0.2) is 4.52 Å². The largest absolute Gasteiger partial charge is 0.339 e. The van der Waals surface area contributed by atoms with Crippen LogP contribution >= 0.6 is 0 Å². The van der Waals surface area contributed by atoms with E-state index in [4.69, 9.17) is 10.3 Å². The minimum absolute atomic E-state index is 0.0387. The van der Waals surface area contributed by atoms with Crippen LogP contribution in [0.5, 0.6) is 0 Å². The second-order valence-corrected chi connectivity index (χ2v) is 7.09. The normalized spacial score (nSPS) is 20.2. The van der Waals surface area contributed by atoms with Gasteiger partial charge in [-0.3, -0.25) is 0 Å². The molecule has 17 heavy (non-hydrogen) atoms. The molecular formula is C10H17N3O3S. The van der Waals surface area contributed by atoms with Crippen molar-refractivity contribution in [3.05, 3.63) is 11.7 Å². The third-order valence-corrected chi connectivity index (χ3v) is 4.62. The molecule has 0 amide bonds. The van der Waals surface area contributed by atoms with E-state index in [1.54, 1.807) is 6.92 Å². The molecule has 2 unspecified atom stereocenters. The molecule has 1 aromatic heterocycles. The van der Waals surface area contributed by atoms with E-state index in [9.17, 15) is 8.42 Å². The zero-order chi connectivity index (χ0) is 12.6. The standard InChI is InChI=1S/C10H17N3O3S/c1-6(17(2,14)15)10-12-9(16-13-10)5-8(11)7-3-4-7/h6-8H,3-5,11H2,1-2H3. The van der Waals surface area contributed by atoms with E-state index in [0.29, 0.717) is 18.2 Å². The lowest BCUT2D eigenvalue weighted by atomic mass is 10.1. The van der Waals surface area contributed by atoms with Gasteiger partial charge in [0.2, 0.25) is 5.89 Å². The number of aromatic nitrogens is 2. The summed E-state index contributed by atoms with van der Waals surface area (Å²) >= 11 is 0. The van der Waals surface area contributed by atoms with Crippen LogP contribution in [-0.4, -0.2) is 30.9 Å². The van der Waals surface area contributed by atoms with Gasteiger partial charge in [0.05, 0.1) is 0 Å². The molecule has 1 aliphatic carbocycles. The van der Waals surface area contributed by atoms with Gasteiger partial charge in [-0.2, -0.15) is 4.98 Å². The van der Waals surface area contributed by atoms with Gasteiger partial charge in [-0.05, 0) is 25.7 Å². The predicted octanol–water partition coefficient (Wildman–Crippen LogP) is 0.455. The Hall–Kier alpha value is -0.950. The first-order chi connectivity index (χ1) is 7.88. The number of hydrogen-bond acceptors (Lipinski definition) is 6. The fourth-order valence-corrected chi connectivity index (χ4v) is 2.08. The monoisotopic (exact) mass is 259 g/mol. The van der Waals surface area contributed by atoms with Crippen LogP contribution < -0.4 is 5.73 Å². The smallest absolute Gasteiger partial charge is 0.228 e. The van der Waals surface area contributed by atoms with Crippen molar-refractivity contribution in [3.63, 3.8) is 0 Å². The van der Waals surface area contributed by atoms with Crippen molar-refractivity contribution >= 4 is 9.84 Å². The van der Waals surface area contributed by atoms with Gasteiger partial charge >= 0.3 is 0 Å². The Morgan fingerprint density at radius 2 is 2.18 bits per heavy atom. The summed E-state index contributed by atoms with van der Waals surface area (Å²) < 4.78 is 27.7. The molecule has 2 atom stereocenters. The molecule has 0 saturated heterocycles. The van der Waals surface area contributed by atoms with Crippen LogP contribution in [-0.2, 0) is 16.3 Å². The fourth-order valence-electron chi connectivity index (χ4n) is 1.60. The number of hydrogen-bond donors (Lipinski definition) is 1. The third kappa shape index (κ3) is 3.04. The molecule has 7 heteroatoms. The van der Waals surface area contributed by atoms with Crippen LogP contribution in [0.1, 0.15) is 36.7 Å². The molecule has 1 saturated carbocycles. The summed E-state index contributed by atoms with van der Waals surface area (Å²) in [4.78, 5) is 4.09. The quantitative estimate of drug-likeness (QED) is 0.824. The van der Waals surface area contributed by atoms with Crippen LogP contribution in [0.2, 0.25) is 0 Å². The van der Waals surface area contributed by atoms with E-state index < -0.39 is 15.1 Å². The van der Waals surface area contributed by atoms with E-state index in [1.807, 2.05) is 0 Å². The molecule has 1 heterocycles. The highest BCUT2D eigenvalue weighted by molar-refractivity contribution is 7.90. The first-order valence-electron chi connectivity index (χ1n) is 5.65. The van der Waals surface area contributed by atoms with Gasteiger partial charge in [-0.15, -0.1) is 0 Å². The summed E-state index contributed by atoms with van der Waals surface area (Å²) in [5, 5.41) is 2.96. The molecule has 1 aliphatic rings. The summed E-state index contributed by atoms with van der Waals surface area (Å²) in [5.41, 5.74) is 5.94. The summed E-state index contributed by atoms with van der Waals surface area (Å²) in [5.74, 6) is 1.19. The highest BCUT2D eigenvalue weighted by Crippen LogP contribution is 2.32. The third-order valence-electron chi connectivity index (χ3n) is 3.13. The van der Waals surface area contributed by atoms with E-state index >= 15 is 0 Å². The summed E-state index contributed by atoms with van der Waals surface area (Å²) in [7, 11) is -3.19. The highest BCUT2D eigenvalue weighted by atomic mass is 32.2. The second kappa shape index (κ2) is 4.38. The Balaban J connectivity index is 2.05. The molecule has 2 N–H and O–H groups in total. The fraction of sp³-hybridized carbons (Fsp3) is 0.800. The first kappa shape index (κ1) is 12.5. The molecule has 1 aromatic rings. The number of rotatable bonds is 5. The molecule has 6 nitrogen and oxygen atoms in total. The lowest BCUT2D eigenvalue weighted by molar-refractivity contribution is 0.359. The first-order valence-corrected chi connectivity index (χ1v) is 7.60. The molecule has 0 radical (unpaired) electrons. The van der Waals surface area contributed by atoms with Crippen molar-refractivity contribution in [1.29, 1.82) is 0 Å². The van der Waals surface area contributed by atoms with Crippen LogP contribution in [0.4, 0.5) is 0 Å². The molecule has 2 rings (SSSR count). The van der Waals surface area contributed by atoms with Crippen molar-refractivity contribution in [2.75, 3.05) is 6.26 Å². The summed E-state index contributed by atoms with van der Waals surface area (Å²) in [6.45, 7) is 1.55. The number of nitrogens with two attached hydrogens (primary N) is 1. The Bertz CT molecular complexity index is 493. The minimum Gasteiger partial charge on any atom is -0.339 e. The SMILES string of the molecule is CC(c1noc(CC(N)C2CC2)n1)S(C)(=O)=O. The van der Waals surface area contributed by atoms with Gasteiger partial charge in [0, 0.05) is 18.7 Å². The number of sulfone groups is 1. The maximum absolute atomic E-state index is 11.3. The molecule has 0 bridgehead atoms. The summed E-state index contributed by atoms with van der Waals surface area (Å²) in [6, 6.07) is 0.0387. The lowest BCUT2D eigenvalue weighted by Crippen LogP contribution is -2.25. The topological polar surface area (TPSA) is 99.1 Å². The van der Waals surface area contributed by atoms with Crippen molar-refractivity contribution in [1.82, 2.24) is 10.1 Å². The van der Waals surface area contributed by atoms with Crippen molar-refractivity contribution in [2.24, 2.45) is 11.7 Å². The van der Waals surface area contributed by atoms with Crippen molar-refractivity contribution < 1.29 is 12.9 Å². The van der Waals surface area contributed by atoms with Crippen LogP contribution in [0.3, 0.4) is 0 Å². The van der Waals surface area contributed by atoms with Gasteiger partial charge in [0.1, 0.15) is 5.25 Å². The van der Waals surface area contributed by atoms with E-state index in [0.717, 1.165) is 19.1 Å². The van der Waals surface area contributed by atoms with Gasteiger partial charge in [0.25, 0.3) is 0 Å². The predicted molar refractivity (Wildman–Crippen MR) is 62.0 cm³/mol. The van der Waals surface area contributed by atoms with Crippen molar-refractivity contribution in [3.8, 4) is 0 Å². The molecule has 0 spiro atoms. The highest BCUT2D eigenvalue weighted by Gasteiger charge is 2.30. The van der Waals surface area contributed by atoms with Crippen molar-refractivity contribution in [2.45, 2.75) is 37.5 Å². The molecule has 96 valence electrons. The van der Waals surface area contributed by atoms with Crippen LogP contribution in [0.25, 0.3) is 0 Å². The second-order valence-electron chi connectivity index (χ2n) is 4.72. The number of nitrogens with zero attached hydrogens (tertiary/aromatic N) is 2. The molecular weight excluding hydrogens is 242 g/mol. The van der Waals surface area contributed by atoms with E-state index in [2.05, 4.69) is 10.1 Å². The Labute approximate surface area is 100 Å². The zero-order valence-electron chi connectivity index (χ0n) is 9.96. The maximum atomic E-state index is 11.3. The minimum atomic E-state index is -3.19. The Kier molecular flexibility index (Phi) is 3.22. The molecule has 0 aromatic carbocycles. The van der Waals surface area contributed by atoms with Gasteiger partial charge in [0.15, 0.2) is 15.7 Å². The average Bonchev–Trinajstić information content (AvgIpc) is 2.98. The van der Waals surface area contributed by atoms with E-state index in [-0.39, 0.29) is 11.9 Å². The maximum Gasteiger partial charge on any atom is 0.228 e. The molecule has 0 aliphatic heterocycles. The molecule has 1 fully saturated rings. The van der Waals surface area contributed by atoms with E-state index in [1.165, 1.54) is 0 Å². The Morgan fingerprint density at radius 3 is 2.71 bits per heavy atom. The van der Waals surface area contributed by atoms with Gasteiger partial charge < -0.3 is 10.3 Å². The average molecular weight is 259 g/mol. The van der Waals surface area contributed by atoms with Crippen LogP contribution in [0, 0.1) is 5.92 Å². The Morgan fingerprint density at radius 1 is 1.53 bits per heavy atom. The summed E-state index contributed by atoms with van der Waals surface area (Å²) in [6.07, 6.45) is 3.99. The zero-order valence-corrected chi connectivity index (χ0v) is 10.8.